The Bertz CT molecular complexity index is 492. The summed E-state index contributed by atoms with van der Waals surface area (Å²) in [5, 5.41) is 17.3. The smallest absolute Gasteiger partial charge is 0.225 e. The molecule has 19 heavy (non-hydrogen) atoms. The van der Waals surface area contributed by atoms with E-state index in [2.05, 4.69) is 0 Å². The molecule has 0 aliphatic heterocycles. The molecule has 0 bridgehead atoms. The van der Waals surface area contributed by atoms with Gasteiger partial charge in [0, 0.05) is 6.42 Å². The molecule has 0 saturated carbocycles. The van der Waals surface area contributed by atoms with E-state index in [-0.39, 0.29) is 30.8 Å². The van der Waals surface area contributed by atoms with E-state index in [9.17, 15) is 4.79 Å². The number of hydrogen-bond acceptors (Lipinski definition) is 3. The third-order valence-electron chi connectivity index (χ3n) is 3.02. The van der Waals surface area contributed by atoms with Gasteiger partial charge in [0.1, 0.15) is 13.1 Å². The molecular weight excluding hydrogens is 238 g/mol. The van der Waals surface area contributed by atoms with Gasteiger partial charge in [-0.2, -0.15) is 10.5 Å². The minimum Gasteiger partial charge on any atom is -0.316 e. The van der Waals surface area contributed by atoms with E-state index in [1.54, 1.807) is 0 Å². The van der Waals surface area contributed by atoms with Crippen LogP contribution in [0, 0.1) is 22.7 Å². The molecule has 0 atom stereocenters. The Labute approximate surface area is 113 Å². The van der Waals surface area contributed by atoms with Gasteiger partial charge < -0.3 is 4.90 Å². The van der Waals surface area contributed by atoms with Crippen LogP contribution in [0.25, 0.3) is 0 Å². The van der Waals surface area contributed by atoms with Gasteiger partial charge in [-0.25, -0.2) is 0 Å². The molecule has 1 aromatic carbocycles. The summed E-state index contributed by atoms with van der Waals surface area (Å²) in [4.78, 5) is 13.4. The SMILES string of the molecule is CC(C)(CC(=O)N(CC#N)CC#N)c1ccccc1. The molecule has 0 aliphatic rings. The van der Waals surface area contributed by atoms with Crippen molar-refractivity contribution >= 4 is 5.91 Å². The van der Waals surface area contributed by atoms with Crippen LogP contribution in [0.2, 0.25) is 0 Å². The van der Waals surface area contributed by atoms with Crippen LogP contribution in [0.3, 0.4) is 0 Å². The molecule has 4 nitrogen and oxygen atoms in total. The molecule has 0 fully saturated rings. The summed E-state index contributed by atoms with van der Waals surface area (Å²) >= 11 is 0. The third kappa shape index (κ3) is 4.12. The van der Waals surface area contributed by atoms with Crippen molar-refractivity contribution in [1.29, 1.82) is 10.5 Å². The van der Waals surface area contributed by atoms with Gasteiger partial charge in [-0.1, -0.05) is 44.2 Å². The van der Waals surface area contributed by atoms with Gasteiger partial charge in [-0.05, 0) is 11.0 Å². The van der Waals surface area contributed by atoms with Crippen molar-refractivity contribution in [3.05, 3.63) is 35.9 Å². The van der Waals surface area contributed by atoms with Crippen LogP contribution in [-0.4, -0.2) is 23.9 Å². The van der Waals surface area contributed by atoms with Gasteiger partial charge in [-0.3, -0.25) is 4.79 Å². The van der Waals surface area contributed by atoms with Crippen LogP contribution in [0.4, 0.5) is 0 Å². The normalized spacial score (nSPS) is 10.3. The van der Waals surface area contributed by atoms with Gasteiger partial charge >= 0.3 is 0 Å². The Morgan fingerprint density at radius 1 is 1.16 bits per heavy atom. The van der Waals surface area contributed by atoms with E-state index < -0.39 is 0 Å². The summed E-state index contributed by atoms with van der Waals surface area (Å²) in [7, 11) is 0. The Morgan fingerprint density at radius 2 is 1.68 bits per heavy atom. The lowest BCUT2D eigenvalue weighted by molar-refractivity contribution is -0.131. The molecule has 0 saturated heterocycles. The van der Waals surface area contributed by atoms with Gasteiger partial charge in [0.05, 0.1) is 12.1 Å². The summed E-state index contributed by atoms with van der Waals surface area (Å²) in [5.74, 6) is -0.169. The second-order valence-corrected chi connectivity index (χ2v) is 4.99. The van der Waals surface area contributed by atoms with Gasteiger partial charge in [0.2, 0.25) is 5.91 Å². The standard InChI is InChI=1S/C15H17N3O/c1-15(2,13-6-4-3-5-7-13)12-14(19)18(10-8-16)11-9-17/h3-7H,10-12H2,1-2H3. The number of nitrogens with zero attached hydrogens (tertiary/aromatic N) is 3. The minimum atomic E-state index is -0.318. The fraction of sp³-hybridized carbons (Fsp3) is 0.400. The van der Waals surface area contributed by atoms with Crippen molar-refractivity contribution in [3.63, 3.8) is 0 Å². The van der Waals surface area contributed by atoms with Crippen LogP contribution >= 0.6 is 0 Å². The number of carbonyl (C=O) groups is 1. The lowest BCUT2D eigenvalue weighted by atomic mass is 9.81. The zero-order valence-corrected chi connectivity index (χ0v) is 11.3. The highest BCUT2D eigenvalue weighted by atomic mass is 16.2. The number of rotatable bonds is 5. The van der Waals surface area contributed by atoms with Crippen LogP contribution in [0.1, 0.15) is 25.8 Å². The zero-order chi connectivity index (χ0) is 14.3. The molecule has 0 aromatic heterocycles. The fourth-order valence-corrected chi connectivity index (χ4v) is 1.88. The Kier molecular flexibility index (Phi) is 5.09. The lowest BCUT2D eigenvalue weighted by Gasteiger charge is -2.27. The first kappa shape index (κ1) is 14.7. The van der Waals surface area contributed by atoms with Crippen LogP contribution in [-0.2, 0) is 10.2 Å². The monoisotopic (exact) mass is 255 g/mol. The molecule has 98 valence electrons. The zero-order valence-electron chi connectivity index (χ0n) is 11.3. The van der Waals surface area contributed by atoms with Crippen molar-refractivity contribution in [2.45, 2.75) is 25.7 Å². The van der Waals surface area contributed by atoms with E-state index in [1.807, 2.05) is 56.3 Å². The number of benzene rings is 1. The first-order chi connectivity index (χ1) is 9.01. The molecule has 1 amide bonds. The van der Waals surface area contributed by atoms with Gasteiger partial charge in [0.25, 0.3) is 0 Å². The maximum atomic E-state index is 12.1. The molecule has 1 aromatic rings. The van der Waals surface area contributed by atoms with Crippen molar-refractivity contribution < 1.29 is 4.79 Å². The largest absolute Gasteiger partial charge is 0.316 e. The van der Waals surface area contributed by atoms with Crippen molar-refractivity contribution in [2.24, 2.45) is 0 Å². The maximum absolute atomic E-state index is 12.1. The molecule has 0 spiro atoms. The molecule has 0 heterocycles. The summed E-state index contributed by atoms with van der Waals surface area (Å²) in [6.45, 7) is 3.88. The highest BCUT2D eigenvalue weighted by Gasteiger charge is 2.26. The van der Waals surface area contributed by atoms with Crippen LogP contribution < -0.4 is 0 Å². The quantitative estimate of drug-likeness (QED) is 0.758. The fourth-order valence-electron chi connectivity index (χ4n) is 1.88. The maximum Gasteiger partial charge on any atom is 0.225 e. The van der Waals surface area contributed by atoms with Crippen molar-refractivity contribution in [1.82, 2.24) is 4.90 Å². The average Bonchev–Trinajstić information content (AvgIpc) is 2.39. The molecule has 0 radical (unpaired) electrons. The first-order valence-corrected chi connectivity index (χ1v) is 6.08. The Balaban J connectivity index is 2.80. The van der Waals surface area contributed by atoms with E-state index in [1.165, 1.54) is 4.90 Å². The summed E-state index contributed by atoms with van der Waals surface area (Å²) in [6.07, 6.45) is 0.278. The second-order valence-electron chi connectivity index (χ2n) is 4.99. The van der Waals surface area contributed by atoms with Gasteiger partial charge in [-0.15, -0.1) is 0 Å². The highest BCUT2D eigenvalue weighted by molar-refractivity contribution is 5.78. The van der Waals surface area contributed by atoms with E-state index in [0.717, 1.165) is 5.56 Å². The average molecular weight is 255 g/mol. The van der Waals surface area contributed by atoms with Crippen LogP contribution in [0.5, 0.6) is 0 Å². The van der Waals surface area contributed by atoms with Crippen molar-refractivity contribution in [3.8, 4) is 12.1 Å². The topological polar surface area (TPSA) is 67.9 Å². The molecule has 0 aliphatic carbocycles. The highest BCUT2D eigenvalue weighted by Crippen LogP contribution is 2.27. The molecule has 1 rings (SSSR count). The Morgan fingerprint density at radius 3 is 2.16 bits per heavy atom. The van der Waals surface area contributed by atoms with Crippen LogP contribution in [0.15, 0.2) is 30.3 Å². The van der Waals surface area contributed by atoms with E-state index in [0.29, 0.717) is 0 Å². The number of hydrogen-bond donors (Lipinski definition) is 0. The first-order valence-electron chi connectivity index (χ1n) is 6.08. The molecule has 0 N–H and O–H groups in total. The molecule has 0 unspecified atom stereocenters. The summed E-state index contributed by atoms with van der Waals surface area (Å²) in [5.41, 5.74) is 0.749. The molecule has 4 heteroatoms. The van der Waals surface area contributed by atoms with Crippen molar-refractivity contribution in [2.75, 3.05) is 13.1 Å². The predicted molar refractivity (Wildman–Crippen MR) is 71.9 cm³/mol. The summed E-state index contributed by atoms with van der Waals surface area (Å²) in [6, 6.07) is 13.6. The van der Waals surface area contributed by atoms with E-state index in [4.69, 9.17) is 10.5 Å². The van der Waals surface area contributed by atoms with Gasteiger partial charge in [0.15, 0.2) is 0 Å². The third-order valence-corrected chi connectivity index (χ3v) is 3.02. The second kappa shape index (κ2) is 6.56. The lowest BCUT2D eigenvalue weighted by Crippen LogP contribution is -2.36. The molecular formula is C15H17N3O. The number of nitriles is 2. The minimum absolute atomic E-state index is 0.0444. The Hall–Kier alpha value is -2.33. The predicted octanol–water partition coefficient (Wildman–Crippen LogP) is 2.23. The summed E-state index contributed by atoms with van der Waals surface area (Å²) < 4.78 is 0. The number of carbonyl (C=O) groups excluding carboxylic acids is 1. The van der Waals surface area contributed by atoms with E-state index >= 15 is 0 Å². The number of amides is 1.